The number of rotatable bonds is 5. The number of unbranched alkanes of at least 4 members (excludes halogenated alkanes) is 1. The lowest BCUT2D eigenvalue weighted by Gasteiger charge is -2.00. The molecule has 0 aromatic rings. The quantitative estimate of drug-likeness (QED) is 0.575. The molecule has 0 bridgehead atoms. The van der Waals surface area contributed by atoms with E-state index in [-0.39, 0.29) is 12.5 Å². The lowest BCUT2D eigenvalue weighted by atomic mass is 10.2. The van der Waals surface area contributed by atoms with Crippen molar-refractivity contribution < 1.29 is 9.90 Å². The maximum atomic E-state index is 10.7. The molecule has 0 saturated heterocycles. The highest BCUT2D eigenvalue weighted by atomic mass is 16.3. The summed E-state index contributed by atoms with van der Waals surface area (Å²) in [6.45, 7) is 3.98. The van der Waals surface area contributed by atoms with Crippen molar-refractivity contribution in [3.8, 4) is 0 Å². The van der Waals surface area contributed by atoms with E-state index in [9.17, 15) is 4.79 Å². The van der Waals surface area contributed by atoms with Crippen LogP contribution >= 0.6 is 0 Å². The second kappa shape index (κ2) is 6.55. The highest BCUT2D eigenvalue weighted by Gasteiger charge is 1.96. The molecule has 0 aromatic carbocycles. The zero-order valence-corrected chi connectivity index (χ0v) is 6.10. The van der Waals surface area contributed by atoms with E-state index < -0.39 is 0 Å². The standard InChI is InChI=1S/C7H14NO2/c1-2-3-4-7(10)8-5-6-9/h9H,1-6H2,(H,8,10). The average Bonchev–Trinajstić information content (AvgIpc) is 1.97. The topological polar surface area (TPSA) is 49.3 Å². The molecule has 59 valence electrons. The number of nitrogens with one attached hydrogen (secondary N) is 1. The normalized spacial score (nSPS) is 9.40. The minimum Gasteiger partial charge on any atom is -0.395 e. The van der Waals surface area contributed by atoms with Gasteiger partial charge in [-0.2, -0.15) is 0 Å². The highest BCUT2D eigenvalue weighted by molar-refractivity contribution is 5.75. The van der Waals surface area contributed by atoms with Crippen LogP contribution in [0.25, 0.3) is 0 Å². The predicted octanol–water partition coefficient (Wildman–Crippen LogP) is 0.0993. The molecule has 1 radical (unpaired) electrons. The van der Waals surface area contributed by atoms with E-state index in [1.807, 2.05) is 0 Å². The Balaban J connectivity index is 3.09. The van der Waals surface area contributed by atoms with Crippen molar-refractivity contribution in [2.24, 2.45) is 0 Å². The molecule has 2 N–H and O–H groups in total. The SMILES string of the molecule is [CH2]CCCC(=O)NCCO. The van der Waals surface area contributed by atoms with Gasteiger partial charge in [0.2, 0.25) is 5.91 Å². The van der Waals surface area contributed by atoms with Crippen LogP contribution in [0.4, 0.5) is 0 Å². The van der Waals surface area contributed by atoms with Gasteiger partial charge in [0.05, 0.1) is 6.61 Å². The van der Waals surface area contributed by atoms with Gasteiger partial charge in [-0.25, -0.2) is 0 Å². The minimum atomic E-state index is -0.00213. The first-order chi connectivity index (χ1) is 4.81. The first kappa shape index (κ1) is 9.43. The van der Waals surface area contributed by atoms with Crippen molar-refractivity contribution in [3.63, 3.8) is 0 Å². The molecule has 3 nitrogen and oxygen atoms in total. The van der Waals surface area contributed by atoms with Crippen molar-refractivity contribution in [2.45, 2.75) is 19.3 Å². The summed E-state index contributed by atoms with van der Waals surface area (Å²) in [7, 11) is 0. The Bertz CT molecular complexity index is 83.6. The molecule has 0 saturated carbocycles. The fourth-order valence-electron chi connectivity index (χ4n) is 0.569. The van der Waals surface area contributed by atoms with Gasteiger partial charge in [0.25, 0.3) is 0 Å². The number of aliphatic hydroxyl groups is 1. The molecular formula is C7H14NO2. The Morgan fingerprint density at radius 1 is 1.60 bits per heavy atom. The summed E-state index contributed by atoms with van der Waals surface area (Å²) in [6.07, 6.45) is 2.12. The van der Waals surface area contributed by atoms with Crippen LogP contribution in [-0.4, -0.2) is 24.2 Å². The molecule has 0 aliphatic carbocycles. The summed E-state index contributed by atoms with van der Waals surface area (Å²) in [5, 5.41) is 10.9. The number of carbonyl (C=O) groups excluding carboxylic acids is 1. The van der Waals surface area contributed by atoms with Crippen molar-refractivity contribution >= 4 is 5.91 Å². The summed E-state index contributed by atoms with van der Waals surface area (Å²) in [4.78, 5) is 10.7. The summed E-state index contributed by atoms with van der Waals surface area (Å²) in [5.74, 6) is -0.00213. The van der Waals surface area contributed by atoms with E-state index in [1.165, 1.54) is 0 Å². The van der Waals surface area contributed by atoms with Crippen LogP contribution in [-0.2, 0) is 4.79 Å². The van der Waals surface area contributed by atoms with E-state index in [1.54, 1.807) is 0 Å². The van der Waals surface area contributed by atoms with Gasteiger partial charge < -0.3 is 10.4 Å². The molecule has 0 heterocycles. The van der Waals surface area contributed by atoms with E-state index in [0.717, 1.165) is 12.8 Å². The average molecular weight is 144 g/mol. The summed E-state index contributed by atoms with van der Waals surface area (Å²) < 4.78 is 0. The monoisotopic (exact) mass is 144 g/mol. The largest absolute Gasteiger partial charge is 0.395 e. The predicted molar refractivity (Wildman–Crippen MR) is 39.3 cm³/mol. The Labute approximate surface area is 61.4 Å². The fourth-order valence-corrected chi connectivity index (χ4v) is 0.569. The van der Waals surface area contributed by atoms with E-state index >= 15 is 0 Å². The Morgan fingerprint density at radius 3 is 2.80 bits per heavy atom. The second-order valence-corrected chi connectivity index (χ2v) is 2.03. The van der Waals surface area contributed by atoms with Crippen LogP contribution in [0.3, 0.4) is 0 Å². The molecule has 0 spiro atoms. The summed E-state index contributed by atoms with van der Waals surface area (Å²) >= 11 is 0. The van der Waals surface area contributed by atoms with Crippen molar-refractivity contribution in [1.82, 2.24) is 5.32 Å². The van der Waals surface area contributed by atoms with Crippen LogP contribution in [0.2, 0.25) is 0 Å². The van der Waals surface area contributed by atoms with Crippen molar-refractivity contribution in [2.75, 3.05) is 13.2 Å². The van der Waals surface area contributed by atoms with Crippen LogP contribution in [0, 0.1) is 6.92 Å². The zero-order valence-electron chi connectivity index (χ0n) is 6.10. The highest BCUT2D eigenvalue weighted by Crippen LogP contribution is 1.91. The molecule has 0 unspecified atom stereocenters. The minimum absolute atomic E-state index is 0.00213. The Kier molecular flexibility index (Phi) is 6.18. The van der Waals surface area contributed by atoms with Gasteiger partial charge in [-0.1, -0.05) is 13.3 Å². The van der Waals surface area contributed by atoms with Gasteiger partial charge in [-0.05, 0) is 6.42 Å². The van der Waals surface area contributed by atoms with Crippen molar-refractivity contribution in [1.29, 1.82) is 0 Å². The van der Waals surface area contributed by atoms with Gasteiger partial charge in [0.15, 0.2) is 0 Å². The number of amides is 1. The molecule has 0 aromatic heterocycles. The van der Waals surface area contributed by atoms with Gasteiger partial charge >= 0.3 is 0 Å². The molecule has 0 fully saturated rings. The molecule has 0 aliphatic heterocycles. The third kappa shape index (κ3) is 5.56. The van der Waals surface area contributed by atoms with Crippen LogP contribution in [0.5, 0.6) is 0 Å². The number of aliphatic hydroxyl groups excluding tert-OH is 1. The van der Waals surface area contributed by atoms with Gasteiger partial charge in [-0.15, -0.1) is 0 Å². The van der Waals surface area contributed by atoms with E-state index in [0.29, 0.717) is 13.0 Å². The maximum Gasteiger partial charge on any atom is 0.220 e. The molecule has 1 amide bonds. The van der Waals surface area contributed by atoms with Crippen molar-refractivity contribution in [3.05, 3.63) is 6.92 Å². The van der Waals surface area contributed by atoms with E-state index in [4.69, 9.17) is 5.11 Å². The lowest BCUT2D eigenvalue weighted by Crippen LogP contribution is -2.25. The van der Waals surface area contributed by atoms with Gasteiger partial charge in [0, 0.05) is 13.0 Å². The molecule has 0 aliphatic rings. The number of hydrogen-bond donors (Lipinski definition) is 2. The number of carbonyl (C=O) groups is 1. The lowest BCUT2D eigenvalue weighted by molar-refractivity contribution is -0.121. The summed E-state index contributed by atoms with van der Waals surface area (Å²) in [6, 6.07) is 0. The van der Waals surface area contributed by atoms with Gasteiger partial charge in [0.1, 0.15) is 0 Å². The van der Waals surface area contributed by atoms with Crippen LogP contribution in [0.15, 0.2) is 0 Å². The molecule has 10 heavy (non-hydrogen) atoms. The van der Waals surface area contributed by atoms with Gasteiger partial charge in [-0.3, -0.25) is 4.79 Å². The van der Waals surface area contributed by atoms with E-state index in [2.05, 4.69) is 12.2 Å². The second-order valence-electron chi connectivity index (χ2n) is 2.03. The Hall–Kier alpha value is -0.570. The zero-order chi connectivity index (χ0) is 7.82. The first-order valence-electron chi connectivity index (χ1n) is 3.48. The van der Waals surface area contributed by atoms with Crippen LogP contribution < -0.4 is 5.32 Å². The molecule has 3 heteroatoms. The Morgan fingerprint density at radius 2 is 2.30 bits per heavy atom. The van der Waals surface area contributed by atoms with Crippen LogP contribution in [0.1, 0.15) is 19.3 Å². The molecule has 0 atom stereocenters. The molecular weight excluding hydrogens is 130 g/mol. The smallest absolute Gasteiger partial charge is 0.220 e. The third-order valence-electron chi connectivity index (χ3n) is 1.09. The maximum absolute atomic E-state index is 10.7. The fraction of sp³-hybridized carbons (Fsp3) is 0.714. The molecule has 0 rings (SSSR count). The first-order valence-corrected chi connectivity index (χ1v) is 3.48. The summed E-state index contributed by atoms with van der Waals surface area (Å²) in [5.41, 5.74) is 0. The third-order valence-corrected chi connectivity index (χ3v) is 1.09. The number of hydrogen-bond acceptors (Lipinski definition) is 2.